The molecule has 0 aliphatic carbocycles. The average molecular weight is 273 g/mol. The first-order valence-electron chi connectivity index (χ1n) is 6.52. The van der Waals surface area contributed by atoms with E-state index in [2.05, 4.69) is 0 Å². The molecule has 0 aliphatic heterocycles. The number of rotatable bonds is 5. The molecular weight excluding hydrogens is 256 g/mol. The molecule has 1 atom stereocenters. The molecule has 2 heteroatoms. The van der Waals surface area contributed by atoms with E-state index in [0.29, 0.717) is 11.4 Å². The van der Waals surface area contributed by atoms with Gasteiger partial charge in [-0.05, 0) is 29.7 Å². The summed E-state index contributed by atoms with van der Waals surface area (Å²) < 4.78 is 0. The van der Waals surface area contributed by atoms with E-state index in [1.165, 1.54) is 0 Å². The summed E-state index contributed by atoms with van der Waals surface area (Å²) in [6, 6.07) is 17.5. The van der Waals surface area contributed by atoms with E-state index < -0.39 is 0 Å². The largest absolute Gasteiger partial charge is 0.299 e. The van der Waals surface area contributed by atoms with Gasteiger partial charge in [-0.15, -0.1) is 0 Å². The zero-order valence-electron chi connectivity index (χ0n) is 11.0. The molecule has 0 radical (unpaired) electrons. The quantitative estimate of drug-likeness (QED) is 0.775. The molecule has 0 saturated carbocycles. The molecule has 1 unspecified atom stereocenters. The highest BCUT2D eigenvalue weighted by Crippen LogP contribution is 2.24. The van der Waals surface area contributed by atoms with Crippen molar-refractivity contribution in [1.82, 2.24) is 0 Å². The molecule has 1 nitrogen and oxygen atoms in total. The van der Waals surface area contributed by atoms with Gasteiger partial charge in [0.25, 0.3) is 0 Å². The molecule has 0 heterocycles. The van der Waals surface area contributed by atoms with E-state index in [-0.39, 0.29) is 11.7 Å². The van der Waals surface area contributed by atoms with Crippen LogP contribution in [0.25, 0.3) is 0 Å². The molecule has 2 aromatic carbocycles. The third-order valence-corrected chi connectivity index (χ3v) is 3.50. The summed E-state index contributed by atoms with van der Waals surface area (Å²) in [6.45, 7) is 2.04. The first kappa shape index (κ1) is 13.8. The molecule has 0 amide bonds. The minimum Gasteiger partial charge on any atom is -0.299 e. The van der Waals surface area contributed by atoms with Crippen molar-refractivity contribution >= 4 is 17.4 Å². The van der Waals surface area contributed by atoms with Gasteiger partial charge >= 0.3 is 0 Å². The molecule has 0 saturated heterocycles. The van der Waals surface area contributed by atoms with Crippen LogP contribution in [0, 0.1) is 0 Å². The van der Waals surface area contributed by atoms with Crippen LogP contribution in [0.4, 0.5) is 0 Å². The SMILES string of the molecule is CCC(C(=O)Cc1ccccc1)c1cccc(Cl)c1. The van der Waals surface area contributed by atoms with Gasteiger partial charge < -0.3 is 0 Å². The third-order valence-electron chi connectivity index (χ3n) is 3.27. The standard InChI is InChI=1S/C17H17ClO/c1-2-16(14-9-6-10-15(18)12-14)17(19)11-13-7-4-3-5-8-13/h3-10,12,16H,2,11H2,1H3. The summed E-state index contributed by atoms with van der Waals surface area (Å²) in [5, 5.41) is 0.684. The highest BCUT2D eigenvalue weighted by Gasteiger charge is 2.18. The Morgan fingerprint density at radius 3 is 2.47 bits per heavy atom. The third kappa shape index (κ3) is 3.68. The van der Waals surface area contributed by atoms with Crippen LogP contribution in [-0.4, -0.2) is 5.78 Å². The van der Waals surface area contributed by atoms with Gasteiger partial charge in [0.05, 0.1) is 0 Å². The lowest BCUT2D eigenvalue weighted by Crippen LogP contribution is -2.14. The Bertz CT molecular complexity index is 548. The highest BCUT2D eigenvalue weighted by molar-refractivity contribution is 6.30. The Labute approximate surface area is 119 Å². The predicted molar refractivity (Wildman–Crippen MR) is 79.6 cm³/mol. The van der Waals surface area contributed by atoms with Crippen LogP contribution in [0.2, 0.25) is 5.02 Å². The van der Waals surface area contributed by atoms with Crippen molar-refractivity contribution < 1.29 is 4.79 Å². The molecule has 0 N–H and O–H groups in total. The maximum absolute atomic E-state index is 12.4. The second-order valence-corrected chi connectivity index (χ2v) is 5.08. The lowest BCUT2D eigenvalue weighted by atomic mass is 9.89. The number of hydrogen-bond donors (Lipinski definition) is 0. The van der Waals surface area contributed by atoms with E-state index in [0.717, 1.165) is 17.5 Å². The summed E-state index contributed by atoms with van der Waals surface area (Å²) in [7, 11) is 0. The summed E-state index contributed by atoms with van der Waals surface area (Å²) >= 11 is 6.00. The van der Waals surface area contributed by atoms with Crippen molar-refractivity contribution in [3.8, 4) is 0 Å². The van der Waals surface area contributed by atoms with Gasteiger partial charge in [-0.3, -0.25) is 4.79 Å². The number of hydrogen-bond acceptors (Lipinski definition) is 1. The predicted octanol–water partition coefficient (Wildman–Crippen LogP) is 4.65. The average Bonchev–Trinajstić information content (AvgIpc) is 2.41. The molecule has 0 bridgehead atoms. The van der Waals surface area contributed by atoms with Gasteiger partial charge in [-0.25, -0.2) is 0 Å². The smallest absolute Gasteiger partial charge is 0.144 e. The van der Waals surface area contributed by atoms with Crippen molar-refractivity contribution in [1.29, 1.82) is 0 Å². The van der Waals surface area contributed by atoms with Gasteiger partial charge in [0, 0.05) is 17.4 Å². The van der Waals surface area contributed by atoms with E-state index >= 15 is 0 Å². The van der Waals surface area contributed by atoms with Crippen LogP contribution in [0.15, 0.2) is 54.6 Å². The van der Waals surface area contributed by atoms with Gasteiger partial charge in [0.1, 0.15) is 5.78 Å². The molecule has 19 heavy (non-hydrogen) atoms. The summed E-state index contributed by atoms with van der Waals surface area (Å²) in [6.07, 6.45) is 1.28. The molecule has 0 aromatic heterocycles. The van der Waals surface area contributed by atoms with E-state index in [1.54, 1.807) is 0 Å². The summed E-state index contributed by atoms with van der Waals surface area (Å²) in [4.78, 5) is 12.4. The minimum absolute atomic E-state index is 0.0705. The summed E-state index contributed by atoms with van der Waals surface area (Å²) in [5.74, 6) is 0.176. The molecule has 98 valence electrons. The van der Waals surface area contributed by atoms with E-state index in [4.69, 9.17) is 11.6 Å². The molecule has 2 rings (SSSR count). The lowest BCUT2D eigenvalue weighted by Gasteiger charge is -2.14. The zero-order chi connectivity index (χ0) is 13.7. The van der Waals surface area contributed by atoms with Crippen LogP contribution in [0.1, 0.15) is 30.4 Å². The Hall–Kier alpha value is -1.60. The van der Waals surface area contributed by atoms with Crippen molar-refractivity contribution in [3.05, 3.63) is 70.7 Å². The fraction of sp³-hybridized carbons (Fsp3) is 0.235. The fourth-order valence-electron chi connectivity index (χ4n) is 2.29. The summed E-state index contributed by atoms with van der Waals surface area (Å²) in [5.41, 5.74) is 2.07. The Morgan fingerprint density at radius 1 is 1.11 bits per heavy atom. The second-order valence-electron chi connectivity index (χ2n) is 4.64. The maximum Gasteiger partial charge on any atom is 0.144 e. The highest BCUT2D eigenvalue weighted by atomic mass is 35.5. The topological polar surface area (TPSA) is 17.1 Å². The Balaban J connectivity index is 2.16. The second kappa shape index (κ2) is 6.53. The normalized spacial score (nSPS) is 12.1. The van der Waals surface area contributed by atoms with Crippen LogP contribution in [-0.2, 0) is 11.2 Å². The number of carbonyl (C=O) groups is 1. The van der Waals surface area contributed by atoms with Crippen molar-refractivity contribution in [2.45, 2.75) is 25.7 Å². The molecule has 0 aliphatic rings. The number of benzene rings is 2. The van der Waals surface area contributed by atoms with Crippen molar-refractivity contribution in [2.75, 3.05) is 0 Å². The number of halogens is 1. The van der Waals surface area contributed by atoms with Gasteiger partial charge in [-0.2, -0.15) is 0 Å². The lowest BCUT2D eigenvalue weighted by molar-refractivity contribution is -0.119. The zero-order valence-corrected chi connectivity index (χ0v) is 11.7. The molecule has 0 fully saturated rings. The van der Waals surface area contributed by atoms with Crippen LogP contribution < -0.4 is 0 Å². The van der Waals surface area contributed by atoms with Crippen molar-refractivity contribution in [3.63, 3.8) is 0 Å². The molecule has 2 aromatic rings. The van der Waals surface area contributed by atoms with Gasteiger partial charge in [0.2, 0.25) is 0 Å². The van der Waals surface area contributed by atoms with Crippen LogP contribution >= 0.6 is 11.6 Å². The Morgan fingerprint density at radius 2 is 1.84 bits per heavy atom. The van der Waals surface area contributed by atoms with Crippen molar-refractivity contribution in [2.24, 2.45) is 0 Å². The van der Waals surface area contributed by atoms with Gasteiger partial charge in [0.15, 0.2) is 0 Å². The first-order chi connectivity index (χ1) is 9.20. The number of Topliss-reactive ketones (excluding diaryl/α,β-unsaturated/α-hetero) is 1. The molecular formula is C17H17ClO. The number of carbonyl (C=O) groups excluding carboxylic acids is 1. The monoisotopic (exact) mass is 272 g/mol. The van der Waals surface area contributed by atoms with Crippen LogP contribution in [0.5, 0.6) is 0 Å². The maximum atomic E-state index is 12.4. The number of ketones is 1. The van der Waals surface area contributed by atoms with E-state index in [9.17, 15) is 4.79 Å². The van der Waals surface area contributed by atoms with E-state index in [1.807, 2.05) is 61.5 Å². The minimum atomic E-state index is -0.0705. The van der Waals surface area contributed by atoms with Crippen LogP contribution in [0.3, 0.4) is 0 Å². The Kier molecular flexibility index (Phi) is 4.75. The first-order valence-corrected chi connectivity index (χ1v) is 6.90. The molecule has 0 spiro atoms. The fourth-order valence-corrected chi connectivity index (χ4v) is 2.49. The van der Waals surface area contributed by atoms with Gasteiger partial charge in [-0.1, -0.05) is 61.0 Å².